The van der Waals surface area contributed by atoms with Crippen molar-refractivity contribution in [3.05, 3.63) is 45.7 Å². The van der Waals surface area contributed by atoms with E-state index in [4.69, 9.17) is 4.74 Å². The molecule has 5 nitrogen and oxygen atoms in total. The zero-order chi connectivity index (χ0) is 17.0. The molecule has 0 aliphatic heterocycles. The van der Waals surface area contributed by atoms with Crippen molar-refractivity contribution in [1.29, 1.82) is 0 Å². The first-order chi connectivity index (χ1) is 11.0. The average Bonchev–Trinajstić information content (AvgIpc) is 2.94. The maximum Gasteiger partial charge on any atom is 0.266 e. The molecule has 0 spiro atoms. The molecule has 2 heterocycles. The number of ether oxygens (including phenoxy) is 1. The molecule has 1 atom stereocenters. The summed E-state index contributed by atoms with van der Waals surface area (Å²) >= 11 is 1.47. The van der Waals surface area contributed by atoms with Gasteiger partial charge in [0.1, 0.15) is 4.88 Å². The number of methoxy groups -OCH3 is 1. The van der Waals surface area contributed by atoms with Gasteiger partial charge < -0.3 is 9.64 Å². The first-order valence-corrected chi connectivity index (χ1v) is 8.41. The van der Waals surface area contributed by atoms with Crippen LogP contribution in [0.2, 0.25) is 0 Å². The summed E-state index contributed by atoms with van der Waals surface area (Å²) in [5, 5.41) is 0.986. The number of aryl methyl sites for hydroxylation is 1. The maximum absolute atomic E-state index is 12.9. The maximum atomic E-state index is 12.9. The molecule has 0 saturated carbocycles. The number of pyridine rings is 1. The highest BCUT2D eigenvalue weighted by Crippen LogP contribution is 2.28. The highest BCUT2D eigenvalue weighted by molar-refractivity contribution is 7.13. The van der Waals surface area contributed by atoms with E-state index >= 15 is 0 Å². The molecule has 0 N–H and O–H groups in total. The largest absolute Gasteiger partial charge is 0.382 e. The highest BCUT2D eigenvalue weighted by Gasteiger charge is 2.27. The summed E-state index contributed by atoms with van der Waals surface area (Å²) in [6.07, 6.45) is 1.73. The molecule has 0 bridgehead atoms. The van der Waals surface area contributed by atoms with Crippen molar-refractivity contribution in [3.8, 4) is 0 Å². The van der Waals surface area contributed by atoms with E-state index in [-0.39, 0.29) is 11.9 Å². The van der Waals surface area contributed by atoms with Gasteiger partial charge in [0, 0.05) is 26.3 Å². The number of amides is 1. The third-order valence-corrected chi connectivity index (χ3v) is 5.09. The number of hydrogen-bond acceptors (Lipinski definition) is 5. The summed E-state index contributed by atoms with van der Waals surface area (Å²) in [7, 11) is 3.41. The van der Waals surface area contributed by atoms with Crippen LogP contribution in [0.15, 0.2) is 24.4 Å². The summed E-state index contributed by atoms with van der Waals surface area (Å²) in [6.45, 7) is 6.44. The van der Waals surface area contributed by atoms with E-state index in [2.05, 4.69) is 23.8 Å². The Bertz CT molecular complexity index is 655. The van der Waals surface area contributed by atoms with Crippen molar-refractivity contribution < 1.29 is 9.53 Å². The van der Waals surface area contributed by atoms with Crippen LogP contribution in [0, 0.1) is 6.92 Å². The summed E-state index contributed by atoms with van der Waals surface area (Å²) < 4.78 is 5.29. The average molecular weight is 333 g/mol. The van der Waals surface area contributed by atoms with Gasteiger partial charge in [0.05, 0.1) is 29.0 Å². The van der Waals surface area contributed by atoms with E-state index < -0.39 is 0 Å². The molecule has 2 aromatic heterocycles. The Hall–Kier alpha value is -1.79. The molecule has 0 radical (unpaired) electrons. The molecular formula is C17H23N3O2S. The zero-order valence-corrected chi connectivity index (χ0v) is 15.1. The second kappa shape index (κ2) is 7.66. The number of aromatic nitrogens is 2. The standard InChI is InChI=1S/C17H23N3O2S/c1-11(2)16-19-12(3)15(23-16)17(21)20(4)14(10-22-5)13-8-6-7-9-18-13/h6-9,11,14H,10H2,1-5H3/t14-/m0/s1. The van der Waals surface area contributed by atoms with Gasteiger partial charge in [-0.2, -0.15) is 0 Å². The highest BCUT2D eigenvalue weighted by atomic mass is 32.1. The molecule has 0 aromatic carbocycles. The summed E-state index contributed by atoms with van der Waals surface area (Å²) in [6, 6.07) is 5.46. The normalized spacial score (nSPS) is 12.4. The van der Waals surface area contributed by atoms with Gasteiger partial charge in [-0.25, -0.2) is 4.98 Å². The van der Waals surface area contributed by atoms with Crippen molar-refractivity contribution in [1.82, 2.24) is 14.9 Å². The van der Waals surface area contributed by atoms with Gasteiger partial charge >= 0.3 is 0 Å². The molecule has 0 unspecified atom stereocenters. The van der Waals surface area contributed by atoms with E-state index in [9.17, 15) is 4.79 Å². The fraction of sp³-hybridized carbons (Fsp3) is 0.471. The Kier molecular flexibility index (Phi) is 5.85. The second-order valence-electron chi connectivity index (χ2n) is 5.76. The van der Waals surface area contributed by atoms with Gasteiger partial charge in [-0.1, -0.05) is 19.9 Å². The first kappa shape index (κ1) is 17.6. The van der Waals surface area contributed by atoms with E-state index in [1.165, 1.54) is 11.3 Å². The lowest BCUT2D eigenvalue weighted by atomic mass is 10.1. The third kappa shape index (κ3) is 3.95. The van der Waals surface area contributed by atoms with Crippen molar-refractivity contribution in [2.75, 3.05) is 20.8 Å². The number of nitrogens with zero attached hydrogens (tertiary/aromatic N) is 3. The van der Waals surface area contributed by atoms with Crippen molar-refractivity contribution >= 4 is 17.2 Å². The van der Waals surface area contributed by atoms with Crippen molar-refractivity contribution in [3.63, 3.8) is 0 Å². The van der Waals surface area contributed by atoms with Gasteiger partial charge in [-0.3, -0.25) is 9.78 Å². The fourth-order valence-corrected chi connectivity index (χ4v) is 3.34. The van der Waals surface area contributed by atoms with Crippen LogP contribution in [0.1, 0.15) is 51.9 Å². The minimum atomic E-state index is -0.224. The fourth-order valence-electron chi connectivity index (χ4n) is 2.29. The Morgan fingerprint density at radius 1 is 1.39 bits per heavy atom. The van der Waals surface area contributed by atoms with Crippen LogP contribution in [-0.2, 0) is 4.74 Å². The number of thiazole rings is 1. The van der Waals surface area contributed by atoms with Gasteiger partial charge in [0.2, 0.25) is 0 Å². The molecule has 1 amide bonds. The van der Waals surface area contributed by atoms with Crippen LogP contribution < -0.4 is 0 Å². The third-order valence-electron chi connectivity index (χ3n) is 3.64. The lowest BCUT2D eigenvalue weighted by molar-refractivity contribution is 0.0598. The van der Waals surface area contributed by atoms with E-state index in [0.29, 0.717) is 17.4 Å². The van der Waals surface area contributed by atoms with E-state index in [0.717, 1.165) is 16.4 Å². The molecule has 2 rings (SSSR count). The van der Waals surface area contributed by atoms with Crippen molar-refractivity contribution in [2.45, 2.75) is 32.7 Å². The van der Waals surface area contributed by atoms with Gasteiger partial charge in [-0.05, 0) is 19.1 Å². The molecule has 6 heteroatoms. The Morgan fingerprint density at radius 3 is 2.65 bits per heavy atom. The van der Waals surface area contributed by atoms with Crippen LogP contribution in [0.25, 0.3) is 0 Å². The predicted octanol–water partition coefficient (Wildman–Crippen LogP) is 3.43. The number of carbonyl (C=O) groups excluding carboxylic acids is 1. The van der Waals surface area contributed by atoms with Crippen molar-refractivity contribution in [2.24, 2.45) is 0 Å². The molecule has 124 valence electrons. The number of rotatable bonds is 6. The molecule has 0 aliphatic carbocycles. The van der Waals surface area contributed by atoms with Gasteiger partial charge in [0.15, 0.2) is 0 Å². The smallest absolute Gasteiger partial charge is 0.266 e. The quantitative estimate of drug-likeness (QED) is 0.813. The number of hydrogen-bond donors (Lipinski definition) is 0. The van der Waals surface area contributed by atoms with E-state index in [1.807, 2.05) is 25.1 Å². The lowest BCUT2D eigenvalue weighted by Crippen LogP contribution is -2.34. The zero-order valence-electron chi connectivity index (χ0n) is 14.2. The minimum Gasteiger partial charge on any atom is -0.382 e. The Morgan fingerprint density at radius 2 is 2.13 bits per heavy atom. The van der Waals surface area contributed by atoms with Gasteiger partial charge in [0.25, 0.3) is 5.91 Å². The topological polar surface area (TPSA) is 55.3 Å². The van der Waals surface area contributed by atoms with Crippen LogP contribution in [0.4, 0.5) is 0 Å². The van der Waals surface area contributed by atoms with Crippen LogP contribution in [-0.4, -0.2) is 41.5 Å². The predicted molar refractivity (Wildman–Crippen MR) is 91.9 cm³/mol. The minimum absolute atomic E-state index is 0.0420. The SMILES string of the molecule is COC[C@@H](c1ccccn1)N(C)C(=O)c1sc(C(C)C)nc1C. The monoisotopic (exact) mass is 333 g/mol. The molecule has 0 fully saturated rings. The molecule has 2 aromatic rings. The van der Waals surface area contributed by atoms with Crippen LogP contribution >= 0.6 is 11.3 Å². The Labute approximate surface area is 141 Å². The van der Waals surface area contributed by atoms with E-state index in [1.54, 1.807) is 25.3 Å². The second-order valence-corrected chi connectivity index (χ2v) is 6.79. The number of carbonyl (C=O) groups is 1. The van der Waals surface area contributed by atoms with Gasteiger partial charge in [-0.15, -0.1) is 11.3 Å². The molecular weight excluding hydrogens is 310 g/mol. The first-order valence-electron chi connectivity index (χ1n) is 7.60. The summed E-state index contributed by atoms with van der Waals surface area (Å²) in [5.74, 6) is 0.274. The molecule has 23 heavy (non-hydrogen) atoms. The lowest BCUT2D eigenvalue weighted by Gasteiger charge is -2.27. The summed E-state index contributed by atoms with van der Waals surface area (Å²) in [5.41, 5.74) is 1.60. The van der Waals surface area contributed by atoms with Crippen LogP contribution in [0.3, 0.4) is 0 Å². The summed E-state index contributed by atoms with van der Waals surface area (Å²) in [4.78, 5) is 24.2. The molecule has 0 saturated heterocycles. The molecule has 0 aliphatic rings. The Balaban J connectivity index is 2.29. The van der Waals surface area contributed by atoms with Crippen LogP contribution in [0.5, 0.6) is 0 Å². The number of likely N-dealkylation sites (N-methyl/N-ethyl adjacent to an activating group) is 1.